The molecule has 3 rings (SSSR count). The average Bonchev–Trinajstić information content (AvgIpc) is 3.09. The predicted molar refractivity (Wildman–Crippen MR) is 113 cm³/mol. The molecule has 160 valence electrons. The van der Waals surface area contributed by atoms with Crippen LogP contribution in [-0.4, -0.2) is 34.6 Å². The van der Waals surface area contributed by atoms with Crippen molar-refractivity contribution in [3.63, 3.8) is 0 Å². The van der Waals surface area contributed by atoms with Gasteiger partial charge in [-0.3, -0.25) is 4.90 Å². The first-order chi connectivity index (χ1) is 13.8. The van der Waals surface area contributed by atoms with Crippen LogP contribution in [0.4, 0.5) is 8.78 Å². The van der Waals surface area contributed by atoms with Crippen molar-refractivity contribution in [2.45, 2.75) is 60.1 Å². The van der Waals surface area contributed by atoms with Crippen LogP contribution in [0.25, 0.3) is 10.6 Å². The molecular formula is C22H31F2N3OS. The van der Waals surface area contributed by atoms with Crippen molar-refractivity contribution in [2.75, 3.05) is 13.1 Å². The number of pyridine rings is 1. The number of aromatic nitrogens is 2. The summed E-state index contributed by atoms with van der Waals surface area (Å²) in [4.78, 5) is 12.1. The molecule has 2 aromatic rings. The maximum atomic E-state index is 12.7. The number of halogens is 2. The van der Waals surface area contributed by atoms with E-state index in [1.807, 2.05) is 6.20 Å². The van der Waals surface area contributed by atoms with Crippen LogP contribution in [0.3, 0.4) is 0 Å². The lowest BCUT2D eigenvalue weighted by Gasteiger charge is -2.43. The third-order valence-corrected chi connectivity index (χ3v) is 6.69. The molecule has 0 radical (unpaired) electrons. The van der Waals surface area contributed by atoms with Crippen LogP contribution in [0.15, 0.2) is 24.5 Å². The SMILES string of the molecule is CCCC1CC(C(C)(C)C)CN(Cc2cnc(-c3cccnc3OC(F)F)s2)C1. The van der Waals surface area contributed by atoms with Gasteiger partial charge in [-0.25, -0.2) is 9.97 Å². The Hall–Kier alpha value is -1.60. The van der Waals surface area contributed by atoms with Gasteiger partial charge in [-0.05, 0) is 42.2 Å². The normalized spacial score (nSPS) is 20.9. The first-order valence-corrected chi connectivity index (χ1v) is 11.1. The fourth-order valence-corrected chi connectivity index (χ4v) is 5.11. The second kappa shape index (κ2) is 9.47. The van der Waals surface area contributed by atoms with Gasteiger partial charge in [-0.2, -0.15) is 8.78 Å². The van der Waals surface area contributed by atoms with Gasteiger partial charge in [0.2, 0.25) is 5.88 Å². The van der Waals surface area contributed by atoms with Gasteiger partial charge in [0.25, 0.3) is 0 Å². The Balaban J connectivity index is 1.74. The zero-order valence-corrected chi connectivity index (χ0v) is 18.5. The number of piperidine rings is 1. The number of nitrogens with zero attached hydrogens (tertiary/aromatic N) is 3. The molecule has 1 aliphatic rings. The minimum absolute atomic E-state index is 0.0721. The minimum atomic E-state index is -2.90. The number of hydrogen-bond acceptors (Lipinski definition) is 5. The summed E-state index contributed by atoms with van der Waals surface area (Å²) in [6.07, 6.45) is 7.08. The molecule has 2 unspecified atom stereocenters. The van der Waals surface area contributed by atoms with Crippen LogP contribution in [0.5, 0.6) is 5.88 Å². The molecule has 0 N–H and O–H groups in total. The maximum absolute atomic E-state index is 12.7. The molecule has 2 aromatic heterocycles. The lowest BCUT2D eigenvalue weighted by atomic mass is 9.72. The van der Waals surface area contributed by atoms with E-state index in [0.29, 0.717) is 21.9 Å². The van der Waals surface area contributed by atoms with Crippen LogP contribution in [0.1, 0.15) is 51.8 Å². The first-order valence-electron chi connectivity index (χ1n) is 10.3. The molecule has 1 saturated heterocycles. The molecule has 1 aliphatic heterocycles. The second-order valence-corrected chi connectivity index (χ2v) is 10.1. The summed E-state index contributed by atoms with van der Waals surface area (Å²) in [7, 11) is 0. The molecule has 0 spiro atoms. The molecule has 0 aromatic carbocycles. The molecule has 0 aliphatic carbocycles. The van der Waals surface area contributed by atoms with E-state index in [1.165, 1.54) is 36.8 Å². The standard InChI is InChI=1S/C22H31F2N3OS/c1-5-7-15-10-16(22(2,3)4)13-27(12-15)14-17-11-26-20(29-17)18-8-6-9-25-19(18)28-21(23)24/h6,8-9,11,15-16,21H,5,7,10,12-14H2,1-4H3. The molecule has 4 nitrogen and oxygen atoms in total. The Bertz CT molecular complexity index is 790. The highest BCUT2D eigenvalue weighted by molar-refractivity contribution is 7.15. The predicted octanol–water partition coefficient (Wildman–Crippen LogP) is 6.09. The Morgan fingerprint density at radius 3 is 2.76 bits per heavy atom. The average molecular weight is 424 g/mol. The van der Waals surface area contributed by atoms with Crippen molar-refractivity contribution in [3.05, 3.63) is 29.4 Å². The van der Waals surface area contributed by atoms with Gasteiger partial charge in [-0.1, -0.05) is 34.1 Å². The van der Waals surface area contributed by atoms with Crippen molar-refractivity contribution in [2.24, 2.45) is 17.3 Å². The maximum Gasteiger partial charge on any atom is 0.388 e. The highest BCUT2D eigenvalue weighted by atomic mass is 32.1. The molecule has 3 heterocycles. The van der Waals surface area contributed by atoms with E-state index in [1.54, 1.807) is 12.1 Å². The van der Waals surface area contributed by atoms with Crippen molar-refractivity contribution in [1.29, 1.82) is 0 Å². The number of likely N-dealkylation sites (tertiary alicyclic amines) is 1. The minimum Gasteiger partial charge on any atom is -0.416 e. The third kappa shape index (κ3) is 5.95. The fourth-order valence-electron chi connectivity index (χ4n) is 4.13. The van der Waals surface area contributed by atoms with Gasteiger partial charge in [0, 0.05) is 36.9 Å². The van der Waals surface area contributed by atoms with Crippen molar-refractivity contribution >= 4 is 11.3 Å². The quantitative estimate of drug-likeness (QED) is 0.540. The van der Waals surface area contributed by atoms with Crippen molar-refractivity contribution in [1.82, 2.24) is 14.9 Å². The molecule has 2 atom stereocenters. The van der Waals surface area contributed by atoms with E-state index in [0.717, 1.165) is 30.4 Å². The third-order valence-electron chi connectivity index (χ3n) is 5.67. The zero-order valence-electron chi connectivity index (χ0n) is 17.7. The summed E-state index contributed by atoms with van der Waals surface area (Å²) in [5, 5.41) is 0.665. The largest absolute Gasteiger partial charge is 0.416 e. The van der Waals surface area contributed by atoms with E-state index < -0.39 is 6.61 Å². The summed E-state index contributed by atoms with van der Waals surface area (Å²) in [5.74, 6) is 1.33. The van der Waals surface area contributed by atoms with E-state index in [4.69, 9.17) is 0 Å². The Morgan fingerprint density at radius 1 is 1.28 bits per heavy atom. The summed E-state index contributed by atoms with van der Waals surface area (Å²) in [6, 6.07) is 3.43. The van der Waals surface area contributed by atoms with Gasteiger partial charge < -0.3 is 4.74 Å². The lowest BCUT2D eigenvalue weighted by Crippen LogP contribution is -2.44. The van der Waals surface area contributed by atoms with Gasteiger partial charge in [-0.15, -0.1) is 11.3 Å². The summed E-state index contributed by atoms with van der Waals surface area (Å²) in [6.45, 7) is 9.40. The van der Waals surface area contributed by atoms with E-state index in [2.05, 4.69) is 47.3 Å². The number of rotatable bonds is 7. The lowest BCUT2D eigenvalue weighted by molar-refractivity contribution is -0.0524. The molecule has 0 saturated carbocycles. The monoisotopic (exact) mass is 423 g/mol. The van der Waals surface area contributed by atoms with Gasteiger partial charge in [0.15, 0.2) is 0 Å². The molecular weight excluding hydrogens is 392 g/mol. The van der Waals surface area contributed by atoms with Gasteiger partial charge in [0.05, 0.1) is 5.56 Å². The van der Waals surface area contributed by atoms with E-state index >= 15 is 0 Å². The fraction of sp³-hybridized carbons (Fsp3) is 0.636. The van der Waals surface area contributed by atoms with Crippen molar-refractivity contribution < 1.29 is 13.5 Å². The summed E-state index contributed by atoms with van der Waals surface area (Å²) in [5.41, 5.74) is 0.805. The van der Waals surface area contributed by atoms with Crippen LogP contribution in [0, 0.1) is 17.3 Å². The van der Waals surface area contributed by atoms with Crippen molar-refractivity contribution in [3.8, 4) is 16.5 Å². The van der Waals surface area contributed by atoms with E-state index in [-0.39, 0.29) is 5.88 Å². The Morgan fingerprint density at radius 2 is 2.07 bits per heavy atom. The summed E-state index contributed by atoms with van der Waals surface area (Å²) >= 11 is 1.53. The number of hydrogen-bond donors (Lipinski definition) is 0. The Labute approximate surface area is 176 Å². The number of ether oxygens (including phenoxy) is 1. The molecule has 7 heteroatoms. The second-order valence-electron chi connectivity index (χ2n) is 9.01. The molecule has 0 amide bonds. The van der Waals surface area contributed by atoms with Crippen LogP contribution in [0.2, 0.25) is 0 Å². The number of thiazole rings is 1. The topological polar surface area (TPSA) is 38.2 Å². The van der Waals surface area contributed by atoms with Crippen LogP contribution >= 0.6 is 11.3 Å². The van der Waals surface area contributed by atoms with E-state index in [9.17, 15) is 8.78 Å². The highest BCUT2D eigenvalue weighted by Gasteiger charge is 2.34. The van der Waals surface area contributed by atoms with Gasteiger partial charge in [0.1, 0.15) is 5.01 Å². The first kappa shape index (κ1) is 22.1. The van der Waals surface area contributed by atoms with Crippen LogP contribution < -0.4 is 4.74 Å². The molecule has 1 fully saturated rings. The summed E-state index contributed by atoms with van der Waals surface area (Å²) < 4.78 is 29.9. The van der Waals surface area contributed by atoms with Crippen LogP contribution in [-0.2, 0) is 6.54 Å². The Kier molecular flexibility index (Phi) is 7.22. The molecule has 29 heavy (non-hydrogen) atoms. The molecule has 0 bridgehead atoms. The highest BCUT2D eigenvalue weighted by Crippen LogP contribution is 2.38. The smallest absolute Gasteiger partial charge is 0.388 e. The number of alkyl halides is 2. The zero-order chi connectivity index (χ0) is 21.0. The van der Waals surface area contributed by atoms with Gasteiger partial charge >= 0.3 is 6.61 Å².